The summed E-state index contributed by atoms with van der Waals surface area (Å²) in [6.07, 6.45) is -0.0963. The molecule has 1 heterocycles. The van der Waals surface area contributed by atoms with Crippen molar-refractivity contribution < 1.29 is 14.3 Å². The van der Waals surface area contributed by atoms with Gasteiger partial charge < -0.3 is 9.64 Å². The number of aryl methyl sites for hydroxylation is 2. The molecule has 0 fully saturated rings. The molecular weight excluding hydrogens is 424 g/mol. The van der Waals surface area contributed by atoms with Crippen LogP contribution in [0.3, 0.4) is 0 Å². The van der Waals surface area contributed by atoms with Crippen LogP contribution in [-0.4, -0.2) is 29.9 Å². The van der Waals surface area contributed by atoms with E-state index in [0.717, 1.165) is 22.3 Å². The summed E-state index contributed by atoms with van der Waals surface area (Å²) in [5.74, 6) is -0.184. The maximum atomic E-state index is 13.9. The van der Waals surface area contributed by atoms with Crippen LogP contribution in [0.25, 0.3) is 5.57 Å². The molecule has 0 aliphatic carbocycles. The Hall–Kier alpha value is -3.86. The maximum Gasteiger partial charge on any atom is 0.282 e. The minimum absolute atomic E-state index is 0.0963. The Labute approximate surface area is 201 Å². The lowest BCUT2D eigenvalue weighted by Gasteiger charge is -2.23. The van der Waals surface area contributed by atoms with E-state index in [1.807, 2.05) is 100 Å². The van der Waals surface area contributed by atoms with Crippen molar-refractivity contribution >= 4 is 23.1 Å². The van der Waals surface area contributed by atoms with E-state index in [-0.39, 0.29) is 17.9 Å². The highest BCUT2D eigenvalue weighted by atomic mass is 16.5. The van der Waals surface area contributed by atoms with Crippen molar-refractivity contribution in [2.24, 2.45) is 0 Å². The van der Waals surface area contributed by atoms with Gasteiger partial charge in [-0.25, -0.2) is 4.90 Å². The van der Waals surface area contributed by atoms with Gasteiger partial charge in [-0.1, -0.05) is 66.2 Å². The normalized spacial score (nSPS) is 13.8. The fraction of sp³-hybridized carbons (Fsp3) is 0.241. The molecule has 0 atom stereocenters. The quantitative estimate of drug-likeness (QED) is 0.442. The molecule has 3 aromatic carbocycles. The molecule has 2 amide bonds. The first-order valence-corrected chi connectivity index (χ1v) is 11.5. The molecule has 174 valence electrons. The molecule has 0 aromatic heterocycles. The van der Waals surface area contributed by atoms with Crippen LogP contribution in [0.5, 0.6) is 5.75 Å². The fourth-order valence-corrected chi connectivity index (χ4v) is 4.36. The molecule has 34 heavy (non-hydrogen) atoms. The number of benzene rings is 3. The zero-order chi connectivity index (χ0) is 24.4. The lowest BCUT2D eigenvalue weighted by molar-refractivity contribution is -0.120. The Morgan fingerprint density at radius 3 is 2.24 bits per heavy atom. The monoisotopic (exact) mass is 454 g/mol. The lowest BCUT2D eigenvalue weighted by atomic mass is 9.97. The summed E-state index contributed by atoms with van der Waals surface area (Å²) < 4.78 is 5.95. The van der Waals surface area contributed by atoms with Crippen LogP contribution in [0, 0.1) is 13.8 Å². The molecule has 0 saturated carbocycles. The number of carbonyl (C=O) groups excluding carboxylic acids is 2. The fourth-order valence-electron chi connectivity index (χ4n) is 4.36. The first kappa shape index (κ1) is 23.3. The van der Waals surface area contributed by atoms with E-state index in [1.165, 1.54) is 4.90 Å². The Kier molecular flexibility index (Phi) is 6.55. The summed E-state index contributed by atoms with van der Waals surface area (Å²) in [5.41, 5.74) is 5.14. The number of ether oxygens (including phenoxy) is 1. The van der Waals surface area contributed by atoms with Crippen molar-refractivity contribution in [1.82, 2.24) is 4.90 Å². The second-order valence-electron chi connectivity index (χ2n) is 8.96. The van der Waals surface area contributed by atoms with E-state index < -0.39 is 0 Å². The SMILES string of the molecule is Cc1ccc(C2=C(N(C)Cc3ccccc3)C(=O)N(c3ccccc3OC(C)C)C2=O)c(C)c1. The van der Waals surface area contributed by atoms with Crippen LogP contribution in [0.2, 0.25) is 0 Å². The van der Waals surface area contributed by atoms with Gasteiger partial charge in [0.1, 0.15) is 11.4 Å². The van der Waals surface area contributed by atoms with Gasteiger partial charge in [0.05, 0.1) is 17.4 Å². The molecule has 5 heteroatoms. The van der Waals surface area contributed by atoms with Crippen LogP contribution in [-0.2, 0) is 16.1 Å². The number of likely N-dealkylation sites (N-methyl/N-ethyl adjacent to an activating group) is 1. The number of para-hydroxylation sites is 2. The highest BCUT2D eigenvalue weighted by molar-refractivity contribution is 6.45. The highest BCUT2D eigenvalue weighted by Crippen LogP contribution is 2.39. The van der Waals surface area contributed by atoms with E-state index in [9.17, 15) is 9.59 Å². The smallest absolute Gasteiger partial charge is 0.282 e. The summed E-state index contributed by atoms with van der Waals surface area (Å²) in [6.45, 7) is 8.33. The molecule has 4 rings (SSSR count). The number of nitrogens with zero attached hydrogens (tertiary/aromatic N) is 2. The van der Waals surface area contributed by atoms with Crippen LogP contribution in [0.1, 0.15) is 36.1 Å². The molecule has 1 aliphatic rings. The zero-order valence-electron chi connectivity index (χ0n) is 20.3. The van der Waals surface area contributed by atoms with Gasteiger partial charge in [0.15, 0.2) is 0 Å². The number of carbonyl (C=O) groups is 2. The molecule has 0 unspecified atom stereocenters. The Bertz CT molecular complexity index is 1260. The summed E-state index contributed by atoms with van der Waals surface area (Å²) in [7, 11) is 1.86. The average Bonchev–Trinajstić information content (AvgIpc) is 3.04. The predicted molar refractivity (Wildman–Crippen MR) is 135 cm³/mol. The molecule has 5 nitrogen and oxygen atoms in total. The second-order valence-corrected chi connectivity index (χ2v) is 8.96. The largest absolute Gasteiger partial charge is 0.489 e. The van der Waals surface area contributed by atoms with Gasteiger partial charge in [0, 0.05) is 13.6 Å². The van der Waals surface area contributed by atoms with Gasteiger partial charge in [-0.2, -0.15) is 0 Å². The average molecular weight is 455 g/mol. The topological polar surface area (TPSA) is 49.9 Å². The molecule has 1 aliphatic heterocycles. The third-order valence-corrected chi connectivity index (χ3v) is 5.82. The molecule has 0 saturated heterocycles. The van der Waals surface area contributed by atoms with E-state index in [4.69, 9.17) is 4.74 Å². The first-order chi connectivity index (χ1) is 16.3. The predicted octanol–water partition coefficient (Wildman–Crippen LogP) is 5.51. The number of hydrogen-bond acceptors (Lipinski definition) is 4. The zero-order valence-corrected chi connectivity index (χ0v) is 20.3. The van der Waals surface area contributed by atoms with Crippen LogP contribution in [0.4, 0.5) is 5.69 Å². The Balaban J connectivity index is 1.84. The third-order valence-electron chi connectivity index (χ3n) is 5.82. The Morgan fingerprint density at radius 1 is 0.882 bits per heavy atom. The van der Waals surface area contributed by atoms with Crippen LogP contribution >= 0.6 is 0 Å². The van der Waals surface area contributed by atoms with Gasteiger partial charge in [0.25, 0.3) is 11.8 Å². The van der Waals surface area contributed by atoms with Crippen molar-refractivity contribution in [2.45, 2.75) is 40.3 Å². The van der Waals surface area contributed by atoms with Crippen molar-refractivity contribution in [3.8, 4) is 5.75 Å². The van der Waals surface area contributed by atoms with Crippen molar-refractivity contribution in [3.63, 3.8) is 0 Å². The molecule has 0 bridgehead atoms. The second kappa shape index (κ2) is 9.56. The number of rotatable bonds is 7. The Morgan fingerprint density at radius 2 is 1.56 bits per heavy atom. The summed E-state index contributed by atoms with van der Waals surface area (Å²) in [6, 6.07) is 23.1. The van der Waals surface area contributed by atoms with E-state index >= 15 is 0 Å². The molecule has 3 aromatic rings. The molecular formula is C29H30N2O3. The summed E-state index contributed by atoms with van der Waals surface area (Å²) >= 11 is 0. The van der Waals surface area contributed by atoms with Crippen LogP contribution in [0.15, 0.2) is 78.5 Å². The number of imide groups is 1. The van der Waals surface area contributed by atoms with Gasteiger partial charge in [-0.05, 0) is 56.5 Å². The summed E-state index contributed by atoms with van der Waals surface area (Å²) in [4.78, 5) is 30.9. The van der Waals surface area contributed by atoms with Gasteiger partial charge >= 0.3 is 0 Å². The van der Waals surface area contributed by atoms with Crippen molar-refractivity contribution in [3.05, 3.63) is 101 Å². The van der Waals surface area contributed by atoms with E-state index in [0.29, 0.717) is 29.3 Å². The lowest BCUT2D eigenvalue weighted by Crippen LogP contribution is -2.34. The number of anilines is 1. The van der Waals surface area contributed by atoms with Crippen molar-refractivity contribution in [2.75, 3.05) is 11.9 Å². The van der Waals surface area contributed by atoms with E-state index in [2.05, 4.69) is 0 Å². The van der Waals surface area contributed by atoms with Crippen LogP contribution < -0.4 is 9.64 Å². The highest BCUT2D eigenvalue weighted by Gasteiger charge is 2.43. The summed E-state index contributed by atoms with van der Waals surface area (Å²) in [5, 5.41) is 0. The van der Waals surface area contributed by atoms with Crippen molar-refractivity contribution in [1.29, 1.82) is 0 Å². The molecule has 0 N–H and O–H groups in total. The molecule has 0 radical (unpaired) electrons. The first-order valence-electron chi connectivity index (χ1n) is 11.5. The van der Waals surface area contributed by atoms with E-state index in [1.54, 1.807) is 12.1 Å². The van der Waals surface area contributed by atoms with Gasteiger partial charge in [-0.15, -0.1) is 0 Å². The van der Waals surface area contributed by atoms with Gasteiger partial charge in [-0.3, -0.25) is 9.59 Å². The van der Waals surface area contributed by atoms with Gasteiger partial charge in [0.2, 0.25) is 0 Å². The molecule has 0 spiro atoms. The minimum Gasteiger partial charge on any atom is -0.489 e. The number of amides is 2. The standard InChI is InChI=1S/C29H30N2O3/c1-19(2)34-25-14-10-9-13-24(25)31-28(32)26(23-16-15-20(3)17-21(23)4)27(29(31)33)30(5)18-22-11-7-6-8-12-22/h6-17,19H,18H2,1-5H3. The third kappa shape index (κ3) is 4.46. The maximum absolute atomic E-state index is 13.9. The number of hydrogen-bond donors (Lipinski definition) is 0. The minimum atomic E-state index is -0.349.